The van der Waals surface area contributed by atoms with Crippen LogP contribution in [0.4, 0.5) is 17.2 Å². The van der Waals surface area contributed by atoms with Crippen molar-refractivity contribution in [2.45, 2.75) is 6.92 Å². The molecule has 0 saturated heterocycles. The molecule has 1 aromatic carbocycles. The van der Waals surface area contributed by atoms with Crippen LogP contribution in [0.25, 0.3) is 0 Å². The topological polar surface area (TPSA) is 60.2 Å². The van der Waals surface area contributed by atoms with Crippen LogP contribution in [0.15, 0.2) is 30.3 Å². The van der Waals surface area contributed by atoms with E-state index in [0.717, 1.165) is 17.0 Å². The van der Waals surface area contributed by atoms with E-state index in [-0.39, 0.29) is 0 Å². The minimum absolute atomic E-state index is 0.387. The van der Waals surface area contributed by atoms with Crippen LogP contribution >= 0.6 is 11.6 Å². The fourth-order valence-corrected chi connectivity index (χ4v) is 1.74. The molecule has 0 spiro atoms. The summed E-state index contributed by atoms with van der Waals surface area (Å²) in [5.41, 5.74) is 8.29. The van der Waals surface area contributed by atoms with Crippen molar-refractivity contribution in [1.82, 2.24) is 4.98 Å². The Kier molecular flexibility index (Phi) is 3.58. The molecule has 0 aliphatic heterocycles. The predicted octanol–water partition coefficient (Wildman–Crippen LogP) is 3.38. The highest BCUT2D eigenvalue weighted by atomic mass is 35.5. The summed E-state index contributed by atoms with van der Waals surface area (Å²) in [5.74, 6) is 1.24. The van der Waals surface area contributed by atoms with Crippen LogP contribution in [-0.2, 0) is 0 Å². The minimum Gasteiger partial charge on any atom is -0.495 e. The smallest absolute Gasteiger partial charge is 0.155 e. The fraction of sp³-hybridized carbons (Fsp3) is 0.154. The number of nitrogens with two attached hydrogens (primary N) is 1. The van der Waals surface area contributed by atoms with E-state index in [4.69, 9.17) is 22.1 Å². The highest BCUT2D eigenvalue weighted by Crippen LogP contribution is 2.30. The minimum atomic E-state index is 0.387. The molecule has 0 unspecified atom stereocenters. The molecule has 1 heterocycles. The Bertz CT molecular complexity index is 572. The number of hydrogen-bond donors (Lipinski definition) is 2. The Morgan fingerprint density at radius 3 is 2.78 bits per heavy atom. The molecule has 0 atom stereocenters. The molecule has 94 valence electrons. The second-order valence-corrected chi connectivity index (χ2v) is 4.29. The van der Waals surface area contributed by atoms with Gasteiger partial charge in [-0.15, -0.1) is 0 Å². The molecule has 0 bridgehead atoms. The molecular weight excluding hydrogens is 250 g/mol. The first-order valence-electron chi connectivity index (χ1n) is 5.44. The standard InChI is InChI=1S/C13H14ClN3O/c1-8-3-5-11(18-2)10(7-8)16-13-9(15)4-6-12(14)17-13/h3-7H,15H2,1-2H3,(H,16,17). The summed E-state index contributed by atoms with van der Waals surface area (Å²) in [7, 11) is 1.62. The maximum absolute atomic E-state index is 5.85. The molecule has 1 aromatic heterocycles. The van der Waals surface area contributed by atoms with Crippen LogP contribution in [0.3, 0.4) is 0 Å². The number of anilines is 3. The number of methoxy groups -OCH3 is 1. The van der Waals surface area contributed by atoms with Crippen LogP contribution < -0.4 is 15.8 Å². The zero-order valence-electron chi connectivity index (χ0n) is 10.2. The highest BCUT2D eigenvalue weighted by molar-refractivity contribution is 6.29. The van der Waals surface area contributed by atoms with Crippen LogP contribution in [0.1, 0.15) is 5.56 Å². The largest absolute Gasteiger partial charge is 0.495 e. The number of ether oxygens (including phenoxy) is 1. The summed E-state index contributed by atoms with van der Waals surface area (Å²) in [4.78, 5) is 4.15. The Labute approximate surface area is 111 Å². The average molecular weight is 264 g/mol. The number of benzene rings is 1. The summed E-state index contributed by atoms with van der Waals surface area (Å²) < 4.78 is 5.28. The number of aromatic nitrogens is 1. The number of rotatable bonds is 3. The van der Waals surface area contributed by atoms with Crippen molar-refractivity contribution in [3.05, 3.63) is 41.0 Å². The van der Waals surface area contributed by atoms with E-state index in [1.54, 1.807) is 19.2 Å². The Morgan fingerprint density at radius 1 is 1.28 bits per heavy atom. The maximum Gasteiger partial charge on any atom is 0.155 e. The zero-order chi connectivity index (χ0) is 13.1. The third-order valence-electron chi connectivity index (χ3n) is 2.50. The first-order chi connectivity index (χ1) is 8.60. The molecule has 4 nitrogen and oxygen atoms in total. The molecule has 18 heavy (non-hydrogen) atoms. The molecule has 0 fully saturated rings. The van der Waals surface area contributed by atoms with E-state index >= 15 is 0 Å². The molecular formula is C13H14ClN3O. The number of nitrogen functional groups attached to an aromatic ring is 1. The van der Waals surface area contributed by atoms with Crippen molar-refractivity contribution in [1.29, 1.82) is 0 Å². The second-order valence-electron chi connectivity index (χ2n) is 3.90. The van der Waals surface area contributed by atoms with E-state index in [1.165, 1.54) is 0 Å². The number of nitrogens with zero attached hydrogens (tertiary/aromatic N) is 1. The van der Waals surface area contributed by atoms with Crippen LogP contribution in [-0.4, -0.2) is 12.1 Å². The van der Waals surface area contributed by atoms with Gasteiger partial charge in [0.15, 0.2) is 5.82 Å². The third-order valence-corrected chi connectivity index (χ3v) is 2.71. The van der Waals surface area contributed by atoms with Crippen molar-refractivity contribution in [2.24, 2.45) is 0 Å². The number of pyridine rings is 1. The molecule has 2 aromatic rings. The summed E-state index contributed by atoms with van der Waals surface area (Å²) >= 11 is 5.85. The molecule has 5 heteroatoms. The van der Waals surface area contributed by atoms with Gasteiger partial charge < -0.3 is 15.8 Å². The van der Waals surface area contributed by atoms with Crippen molar-refractivity contribution in [3.8, 4) is 5.75 Å². The van der Waals surface area contributed by atoms with Gasteiger partial charge in [0.1, 0.15) is 10.9 Å². The number of nitrogens with one attached hydrogen (secondary N) is 1. The van der Waals surface area contributed by atoms with E-state index in [1.807, 2.05) is 25.1 Å². The first kappa shape index (κ1) is 12.5. The van der Waals surface area contributed by atoms with Gasteiger partial charge in [-0.3, -0.25) is 0 Å². The van der Waals surface area contributed by atoms with Crippen molar-refractivity contribution >= 4 is 28.8 Å². The lowest BCUT2D eigenvalue weighted by Gasteiger charge is -2.12. The third kappa shape index (κ3) is 2.65. The molecule has 2 rings (SSSR count). The van der Waals surface area contributed by atoms with E-state index in [9.17, 15) is 0 Å². The van der Waals surface area contributed by atoms with Gasteiger partial charge in [0, 0.05) is 0 Å². The normalized spacial score (nSPS) is 10.2. The van der Waals surface area contributed by atoms with Crippen LogP contribution in [0.2, 0.25) is 5.15 Å². The van der Waals surface area contributed by atoms with Gasteiger partial charge >= 0.3 is 0 Å². The second kappa shape index (κ2) is 5.14. The number of halogens is 1. The van der Waals surface area contributed by atoms with Gasteiger partial charge in [-0.25, -0.2) is 4.98 Å². The molecule has 0 aliphatic carbocycles. The zero-order valence-corrected chi connectivity index (χ0v) is 11.0. The first-order valence-corrected chi connectivity index (χ1v) is 5.81. The van der Waals surface area contributed by atoms with Crippen molar-refractivity contribution in [2.75, 3.05) is 18.2 Å². The highest BCUT2D eigenvalue weighted by Gasteiger charge is 2.07. The Morgan fingerprint density at radius 2 is 2.06 bits per heavy atom. The van der Waals surface area contributed by atoms with Crippen molar-refractivity contribution < 1.29 is 4.74 Å². The van der Waals surface area contributed by atoms with E-state index in [0.29, 0.717) is 16.7 Å². The van der Waals surface area contributed by atoms with Gasteiger partial charge in [0.2, 0.25) is 0 Å². The lowest BCUT2D eigenvalue weighted by atomic mass is 10.2. The Hall–Kier alpha value is -1.94. The summed E-state index contributed by atoms with van der Waals surface area (Å²) in [6.07, 6.45) is 0. The Balaban J connectivity index is 2.38. The van der Waals surface area contributed by atoms with Gasteiger partial charge in [0.05, 0.1) is 18.5 Å². The molecule has 0 amide bonds. The molecule has 0 radical (unpaired) electrons. The average Bonchev–Trinajstić information content (AvgIpc) is 2.34. The van der Waals surface area contributed by atoms with Crippen molar-refractivity contribution in [3.63, 3.8) is 0 Å². The van der Waals surface area contributed by atoms with Gasteiger partial charge in [-0.2, -0.15) is 0 Å². The van der Waals surface area contributed by atoms with Crippen LogP contribution in [0, 0.1) is 6.92 Å². The van der Waals surface area contributed by atoms with Crippen LogP contribution in [0.5, 0.6) is 5.75 Å². The van der Waals surface area contributed by atoms with Gasteiger partial charge in [-0.05, 0) is 36.8 Å². The lowest BCUT2D eigenvalue weighted by Crippen LogP contribution is -2.01. The van der Waals surface area contributed by atoms with E-state index < -0.39 is 0 Å². The lowest BCUT2D eigenvalue weighted by molar-refractivity contribution is 0.416. The predicted molar refractivity (Wildman–Crippen MR) is 74.7 cm³/mol. The summed E-state index contributed by atoms with van der Waals surface area (Å²) in [5, 5.41) is 3.52. The van der Waals surface area contributed by atoms with E-state index in [2.05, 4.69) is 10.3 Å². The monoisotopic (exact) mass is 263 g/mol. The van der Waals surface area contributed by atoms with Gasteiger partial charge in [-0.1, -0.05) is 17.7 Å². The molecule has 0 saturated carbocycles. The van der Waals surface area contributed by atoms with Gasteiger partial charge in [0.25, 0.3) is 0 Å². The number of aryl methyl sites for hydroxylation is 1. The quantitative estimate of drug-likeness (QED) is 0.834. The molecule has 0 aliphatic rings. The maximum atomic E-state index is 5.85. The summed E-state index contributed by atoms with van der Waals surface area (Å²) in [6, 6.07) is 9.17. The number of hydrogen-bond acceptors (Lipinski definition) is 4. The molecule has 3 N–H and O–H groups in total. The fourth-order valence-electron chi connectivity index (χ4n) is 1.59. The summed E-state index contributed by atoms with van der Waals surface area (Å²) in [6.45, 7) is 2.00. The SMILES string of the molecule is COc1ccc(C)cc1Nc1nc(Cl)ccc1N.